The van der Waals surface area contributed by atoms with Crippen LogP contribution in [-0.2, 0) is 0 Å². The molecule has 98 valence electrons. The lowest BCUT2D eigenvalue weighted by atomic mass is 10.2. The lowest BCUT2D eigenvalue weighted by Gasteiger charge is -2.08. The summed E-state index contributed by atoms with van der Waals surface area (Å²) in [6, 6.07) is 5.55. The Hall–Kier alpha value is -2.14. The molecule has 0 fully saturated rings. The van der Waals surface area contributed by atoms with Crippen LogP contribution in [-0.4, -0.2) is 21.0 Å². The van der Waals surface area contributed by atoms with Crippen LogP contribution in [0.2, 0.25) is 5.02 Å². The Morgan fingerprint density at radius 3 is 2.68 bits per heavy atom. The summed E-state index contributed by atoms with van der Waals surface area (Å²) in [5, 5.41) is 12.4. The maximum atomic E-state index is 10.9. The van der Waals surface area contributed by atoms with Gasteiger partial charge in [0.25, 0.3) is 0 Å². The van der Waals surface area contributed by atoms with Gasteiger partial charge >= 0.3 is 5.97 Å². The molecule has 0 aliphatic rings. The van der Waals surface area contributed by atoms with Crippen LogP contribution in [0.1, 0.15) is 21.6 Å². The molecule has 19 heavy (non-hydrogen) atoms. The number of aromatic carboxylic acids is 1. The molecule has 1 aromatic carbocycles. The summed E-state index contributed by atoms with van der Waals surface area (Å²) in [6.45, 7) is 3.56. The summed E-state index contributed by atoms with van der Waals surface area (Å²) in [6.07, 6.45) is 1.27. The van der Waals surface area contributed by atoms with Crippen molar-refractivity contribution in [3.8, 4) is 0 Å². The normalized spacial score (nSPS) is 10.3. The molecule has 0 saturated heterocycles. The standard InChI is InChI=1S/C13H12ClN3O2/c1-7-3-4-11(10(14)5-7)17-13-15-6-9(12(18)19)8(2)16-13/h3-6H,1-2H3,(H,18,19)(H,15,16,17). The van der Waals surface area contributed by atoms with Crippen molar-refractivity contribution in [3.05, 3.63) is 46.2 Å². The van der Waals surface area contributed by atoms with Crippen LogP contribution in [0, 0.1) is 13.8 Å². The van der Waals surface area contributed by atoms with Crippen molar-refractivity contribution in [3.63, 3.8) is 0 Å². The third-order valence-electron chi connectivity index (χ3n) is 2.58. The first-order valence-electron chi connectivity index (χ1n) is 5.57. The second kappa shape index (κ2) is 5.24. The molecule has 5 nitrogen and oxygen atoms in total. The van der Waals surface area contributed by atoms with E-state index in [0.29, 0.717) is 22.4 Å². The zero-order chi connectivity index (χ0) is 14.0. The Labute approximate surface area is 115 Å². The lowest BCUT2D eigenvalue weighted by molar-refractivity contribution is 0.0695. The highest BCUT2D eigenvalue weighted by Gasteiger charge is 2.10. The van der Waals surface area contributed by atoms with E-state index in [4.69, 9.17) is 16.7 Å². The van der Waals surface area contributed by atoms with Gasteiger partial charge in [0, 0.05) is 6.20 Å². The summed E-state index contributed by atoms with van der Waals surface area (Å²) < 4.78 is 0. The molecular formula is C13H12ClN3O2. The molecule has 0 aliphatic heterocycles. The molecule has 2 N–H and O–H groups in total. The molecule has 0 bridgehead atoms. The minimum Gasteiger partial charge on any atom is -0.478 e. The average Bonchev–Trinajstić information content (AvgIpc) is 2.32. The number of carboxylic acids is 1. The molecule has 2 aromatic rings. The van der Waals surface area contributed by atoms with Crippen molar-refractivity contribution in [1.29, 1.82) is 0 Å². The van der Waals surface area contributed by atoms with E-state index in [1.54, 1.807) is 6.92 Å². The van der Waals surface area contributed by atoms with Crippen LogP contribution < -0.4 is 5.32 Å². The van der Waals surface area contributed by atoms with Crippen molar-refractivity contribution < 1.29 is 9.90 Å². The molecule has 0 atom stereocenters. The first-order chi connectivity index (χ1) is 8.97. The molecule has 6 heteroatoms. The van der Waals surface area contributed by atoms with E-state index in [2.05, 4.69) is 15.3 Å². The Bertz CT molecular complexity index is 644. The zero-order valence-electron chi connectivity index (χ0n) is 10.4. The van der Waals surface area contributed by atoms with Gasteiger partial charge in [-0.3, -0.25) is 0 Å². The van der Waals surface area contributed by atoms with Crippen molar-refractivity contribution in [2.75, 3.05) is 5.32 Å². The van der Waals surface area contributed by atoms with Gasteiger partial charge in [-0.05, 0) is 31.5 Å². The van der Waals surface area contributed by atoms with Gasteiger partial charge in [0.1, 0.15) is 0 Å². The van der Waals surface area contributed by atoms with Crippen LogP contribution in [0.3, 0.4) is 0 Å². The van der Waals surface area contributed by atoms with Gasteiger partial charge in [-0.2, -0.15) is 0 Å². The summed E-state index contributed by atoms with van der Waals surface area (Å²) in [7, 11) is 0. The fraction of sp³-hybridized carbons (Fsp3) is 0.154. The molecule has 0 amide bonds. The third kappa shape index (κ3) is 3.00. The molecule has 0 saturated carbocycles. The number of aryl methyl sites for hydroxylation is 2. The smallest absolute Gasteiger partial charge is 0.339 e. The highest BCUT2D eigenvalue weighted by Crippen LogP contribution is 2.25. The van der Waals surface area contributed by atoms with Crippen LogP contribution in [0.15, 0.2) is 24.4 Å². The molecule has 1 heterocycles. The number of halogens is 1. The first-order valence-corrected chi connectivity index (χ1v) is 5.95. The number of carbonyl (C=O) groups is 1. The number of benzene rings is 1. The Morgan fingerprint density at radius 1 is 1.37 bits per heavy atom. The number of hydrogen-bond acceptors (Lipinski definition) is 4. The second-order valence-corrected chi connectivity index (χ2v) is 4.51. The van der Waals surface area contributed by atoms with Crippen LogP contribution >= 0.6 is 11.6 Å². The van der Waals surface area contributed by atoms with E-state index in [1.807, 2.05) is 25.1 Å². The van der Waals surface area contributed by atoms with Gasteiger partial charge in [-0.25, -0.2) is 14.8 Å². The first kappa shape index (κ1) is 13.3. The van der Waals surface area contributed by atoms with E-state index < -0.39 is 5.97 Å². The second-order valence-electron chi connectivity index (χ2n) is 4.11. The number of rotatable bonds is 3. The summed E-state index contributed by atoms with van der Waals surface area (Å²) in [4.78, 5) is 18.9. The average molecular weight is 278 g/mol. The summed E-state index contributed by atoms with van der Waals surface area (Å²) >= 11 is 6.09. The fourth-order valence-corrected chi connectivity index (χ4v) is 1.86. The number of hydrogen-bond donors (Lipinski definition) is 2. The fourth-order valence-electron chi connectivity index (χ4n) is 1.58. The minimum absolute atomic E-state index is 0.0838. The lowest BCUT2D eigenvalue weighted by Crippen LogP contribution is -2.06. The maximum Gasteiger partial charge on any atom is 0.339 e. The minimum atomic E-state index is -1.04. The van der Waals surface area contributed by atoms with E-state index in [9.17, 15) is 4.79 Å². The molecule has 0 aliphatic carbocycles. The molecule has 0 spiro atoms. The van der Waals surface area contributed by atoms with Crippen molar-refractivity contribution in [2.24, 2.45) is 0 Å². The molecule has 1 aromatic heterocycles. The van der Waals surface area contributed by atoms with Gasteiger partial charge in [-0.1, -0.05) is 17.7 Å². The molecule has 2 rings (SSSR count). The largest absolute Gasteiger partial charge is 0.478 e. The third-order valence-corrected chi connectivity index (χ3v) is 2.89. The van der Waals surface area contributed by atoms with Crippen LogP contribution in [0.5, 0.6) is 0 Å². The van der Waals surface area contributed by atoms with E-state index in [1.165, 1.54) is 6.20 Å². The number of nitrogens with one attached hydrogen (secondary N) is 1. The predicted octanol–water partition coefficient (Wildman–Crippen LogP) is 3.19. The molecule has 0 radical (unpaired) electrons. The van der Waals surface area contributed by atoms with Gasteiger partial charge in [-0.15, -0.1) is 0 Å². The number of aromatic nitrogens is 2. The molecular weight excluding hydrogens is 266 g/mol. The number of nitrogens with zero attached hydrogens (tertiary/aromatic N) is 2. The van der Waals surface area contributed by atoms with Crippen molar-refractivity contribution in [1.82, 2.24) is 9.97 Å². The van der Waals surface area contributed by atoms with E-state index in [-0.39, 0.29) is 5.56 Å². The van der Waals surface area contributed by atoms with Gasteiger partial charge in [0.15, 0.2) is 0 Å². The van der Waals surface area contributed by atoms with E-state index >= 15 is 0 Å². The highest BCUT2D eigenvalue weighted by atomic mass is 35.5. The molecule has 0 unspecified atom stereocenters. The zero-order valence-corrected chi connectivity index (χ0v) is 11.2. The van der Waals surface area contributed by atoms with E-state index in [0.717, 1.165) is 5.56 Å². The summed E-state index contributed by atoms with van der Waals surface area (Å²) in [5.41, 5.74) is 2.21. The van der Waals surface area contributed by atoms with Crippen LogP contribution in [0.4, 0.5) is 11.6 Å². The monoisotopic (exact) mass is 277 g/mol. The van der Waals surface area contributed by atoms with Gasteiger partial charge in [0.2, 0.25) is 5.95 Å². The van der Waals surface area contributed by atoms with Crippen molar-refractivity contribution in [2.45, 2.75) is 13.8 Å². The Kier molecular flexibility index (Phi) is 3.66. The van der Waals surface area contributed by atoms with Gasteiger partial charge < -0.3 is 10.4 Å². The number of carboxylic acid groups (broad SMARTS) is 1. The number of anilines is 2. The van der Waals surface area contributed by atoms with Crippen LogP contribution in [0.25, 0.3) is 0 Å². The van der Waals surface area contributed by atoms with Gasteiger partial charge in [0.05, 0.1) is 22.0 Å². The predicted molar refractivity (Wildman–Crippen MR) is 73.2 cm³/mol. The summed E-state index contributed by atoms with van der Waals surface area (Å²) in [5.74, 6) is -0.731. The topological polar surface area (TPSA) is 75.1 Å². The quantitative estimate of drug-likeness (QED) is 0.901. The SMILES string of the molecule is Cc1ccc(Nc2ncc(C(=O)O)c(C)n2)c(Cl)c1. The highest BCUT2D eigenvalue weighted by molar-refractivity contribution is 6.33. The van der Waals surface area contributed by atoms with Crippen molar-refractivity contribution >= 4 is 29.2 Å². The Balaban J connectivity index is 2.29. The maximum absolute atomic E-state index is 10.9. The Morgan fingerprint density at radius 2 is 2.11 bits per heavy atom.